The number of unbranched alkanes of at least 4 members (excludes halogenated alkanes) is 49. The number of esters is 3. The Bertz CT molecular complexity index is 1130. The van der Waals surface area contributed by atoms with Crippen LogP contribution in [0.4, 0.5) is 0 Å². The summed E-state index contributed by atoms with van der Waals surface area (Å²) in [6.45, 7) is 6.68. The van der Waals surface area contributed by atoms with Crippen molar-refractivity contribution in [3.63, 3.8) is 0 Å². The molecule has 73 heavy (non-hydrogen) atoms. The van der Waals surface area contributed by atoms with Crippen LogP contribution in [0.2, 0.25) is 0 Å². The van der Waals surface area contributed by atoms with Gasteiger partial charge >= 0.3 is 17.9 Å². The van der Waals surface area contributed by atoms with E-state index in [1.54, 1.807) is 0 Å². The van der Waals surface area contributed by atoms with E-state index in [0.717, 1.165) is 64.2 Å². The average Bonchev–Trinajstić information content (AvgIpc) is 3.39. The molecule has 0 amide bonds. The lowest BCUT2D eigenvalue weighted by molar-refractivity contribution is -0.167. The van der Waals surface area contributed by atoms with Crippen LogP contribution in [0.1, 0.15) is 380 Å². The second-order valence-electron chi connectivity index (χ2n) is 22.7. The highest BCUT2D eigenvalue weighted by molar-refractivity contribution is 5.71. The summed E-state index contributed by atoms with van der Waals surface area (Å²) in [5.74, 6) is -0.845. The maximum Gasteiger partial charge on any atom is 0.306 e. The second kappa shape index (κ2) is 62.7. The van der Waals surface area contributed by atoms with Gasteiger partial charge in [0.05, 0.1) is 0 Å². The summed E-state index contributed by atoms with van der Waals surface area (Å²) in [5.41, 5.74) is 0. The number of carbonyl (C=O) groups excluding carboxylic acids is 3. The highest BCUT2D eigenvalue weighted by atomic mass is 16.6. The van der Waals surface area contributed by atoms with Crippen molar-refractivity contribution in [1.82, 2.24) is 0 Å². The van der Waals surface area contributed by atoms with E-state index < -0.39 is 6.10 Å². The Morgan fingerprint density at radius 3 is 0.726 bits per heavy atom. The second-order valence-corrected chi connectivity index (χ2v) is 22.7. The Morgan fingerprint density at radius 2 is 0.466 bits per heavy atom. The van der Waals surface area contributed by atoms with Gasteiger partial charge in [0.15, 0.2) is 6.10 Å². The van der Waals surface area contributed by atoms with E-state index >= 15 is 0 Å². The van der Waals surface area contributed by atoms with Gasteiger partial charge in [-0.3, -0.25) is 14.4 Å². The fourth-order valence-corrected chi connectivity index (χ4v) is 10.3. The molecule has 0 fully saturated rings. The molecular weight excluding hydrogens is 901 g/mol. The molecule has 0 aliphatic heterocycles. The van der Waals surface area contributed by atoms with Crippen LogP contribution in [0.15, 0.2) is 12.2 Å². The highest BCUT2D eigenvalue weighted by Crippen LogP contribution is 2.19. The summed E-state index contributed by atoms with van der Waals surface area (Å²) in [7, 11) is 0. The predicted octanol–water partition coefficient (Wildman–Crippen LogP) is 22.4. The molecule has 0 bridgehead atoms. The molecule has 0 heterocycles. The Balaban J connectivity index is 4.19. The molecular formula is C67H128O6. The third-order valence-electron chi connectivity index (χ3n) is 15.3. The van der Waals surface area contributed by atoms with Crippen LogP contribution in [0.3, 0.4) is 0 Å². The van der Waals surface area contributed by atoms with Gasteiger partial charge in [-0.2, -0.15) is 0 Å². The Labute approximate surface area is 456 Å². The number of carbonyl (C=O) groups is 3. The summed E-state index contributed by atoms with van der Waals surface area (Å²) in [4.78, 5) is 38.3. The van der Waals surface area contributed by atoms with Gasteiger partial charge in [0, 0.05) is 19.3 Å². The van der Waals surface area contributed by atoms with Crippen molar-refractivity contribution in [3.05, 3.63) is 12.2 Å². The summed E-state index contributed by atoms with van der Waals surface area (Å²) >= 11 is 0. The predicted molar refractivity (Wildman–Crippen MR) is 317 cm³/mol. The third-order valence-corrected chi connectivity index (χ3v) is 15.3. The van der Waals surface area contributed by atoms with Crippen molar-refractivity contribution in [1.29, 1.82) is 0 Å². The molecule has 0 radical (unpaired) electrons. The molecule has 0 aliphatic rings. The number of hydrogen-bond acceptors (Lipinski definition) is 6. The summed E-state index contributed by atoms with van der Waals surface area (Å²) in [5, 5.41) is 0. The van der Waals surface area contributed by atoms with Crippen molar-refractivity contribution in [2.24, 2.45) is 0 Å². The minimum Gasteiger partial charge on any atom is -0.462 e. The number of ether oxygens (including phenoxy) is 3. The number of rotatable bonds is 62. The summed E-state index contributed by atoms with van der Waals surface area (Å²) in [6.07, 6.45) is 73.8. The molecule has 0 saturated carbocycles. The van der Waals surface area contributed by atoms with E-state index in [0.29, 0.717) is 19.3 Å². The van der Waals surface area contributed by atoms with E-state index in [1.807, 2.05) is 0 Å². The third kappa shape index (κ3) is 60.9. The quantitative estimate of drug-likeness (QED) is 0.0261. The van der Waals surface area contributed by atoms with Gasteiger partial charge in [0.1, 0.15) is 13.2 Å². The van der Waals surface area contributed by atoms with Crippen molar-refractivity contribution in [2.45, 2.75) is 386 Å². The van der Waals surface area contributed by atoms with Crippen LogP contribution < -0.4 is 0 Å². The molecule has 0 aromatic carbocycles. The van der Waals surface area contributed by atoms with Gasteiger partial charge in [-0.05, 0) is 38.5 Å². The molecule has 0 aromatic heterocycles. The lowest BCUT2D eigenvalue weighted by Gasteiger charge is -2.18. The minimum atomic E-state index is -0.768. The first-order valence-electron chi connectivity index (χ1n) is 33.2. The maximum atomic E-state index is 12.9. The average molecular weight is 1030 g/mol. The standard InChI is InChI=1S/C67H128O6/c1-4-7-10-13-16-19-22-24-26-28-30-32-34-36-38-40-42-45-48-51-54-57-60-66(69)72-63-64(62-71-65(68)59-56-53-50-47-44-21-18-15-12-9-6-3)73-67(70)61-58-55-52-49-46-43-41-39-37-35-33-31-29-27-25-23-20-17-14-11-8-5-2/h15,18,64H,4-14,16-17,19-63H2,1-3H3/b18-15-. The molecule has 0 aliphatic carbocycles. The van der Waals surface area contributed by atoms with Gasteiger partial charge in [0.25, 0.3) is 0 Å². The van der Waals surface area contributed by atoms with Gasteiger partial charge < -0.3 is 14.2 Å². The smallest absolute Gasteiger partial charge is 0.306 e. The Hall–Kier alpha value is -1.85. The maximum absolute atomic E-state index is 12.9. The van der Waals surface area contributed by atoms with Crippen LogP contribution >= 0.6 is 0 Å². The van der Waals surface area contributed by atoms with Crippen LogP contribution in [0, 0.1) is 0 Å². The SMILES string of the molecule is CCCC/C=C\CCCCCCCC(=O)OCC(COC(=O)CCCCCCCCCCCCCCCCCCCCCCCC)OC(=O)CCCCCCCCCCCCCCCCCCCCCCCC. The zero-order valence-electron chi connectivity index (χ0n) is 49.7. The zero-order valence-corrected chi connectivity index (χ0v) is 49.7. The number of allylic oxidation sites excluding steroid dienone is 2. The van der Waals surface area contributed by atoms with E-state index in [2.05, 4.69) is 32.9 Å². The first kappa shape index (κ1) is 71.2. The lowest BCUT2D eigenvalue weighted by Crippen LogP contribution is -2.30. The highest BCUT2D eigenvalue weighted by Gasteiger charge is 2.19. The Morgan fingerprint density at radius 1 is 0.260 bits per heavy atom. The molecule has 1 atom stereocenters. The monoisotopic (exact) mass is 1030 g/mol. The van der Waals surface area contributed by atoms with Crippen LogP contribution in [0.25, 0.3) is 0 Å². The topological polar surface area (TPSA) is 78.9 Å². The molecule has 0 aromatic rings. The fraction of sp³-hybridized carbons (Fsp3) is 0.925. The zero-order chi connectivity index (χ0) is 52.9. The van der Waals surface area contributed by atoms with Crippen LogP contribution in [-0.2, 0) is 28.6 Å². The number of hydrogen-bond donors (Lipinski definition) is 0. The van der Waals surface area contributed by atoms with Gasteiger partial charge in [-0.1, -0.05) is 335 Å². The normalized spacial score (nSPS) is 12.0. The van der Waals surface area contributed by atoms with E-state index in [1.165, 1.54) is 276 Å². The molecule has 6 heteroatoms. The first-order valence-corrected chi connectivity index (χ1v) is 33.2. The van der Waals surface area contributed by atoms with Crippen molar-refractivity contribution >= 4 is 17.9 Å². The molecule has 0 spiro atoms. The van der Waals surface area contributed by atoms with Crippen LogP contribution in [0.5, 0.6) is 0 Å². The summed E-state index contributed by atoms with van der Waals surface area (Å²) < 4.78 is 16.9. The van der Waals surface area contributed by atoms with Gasteiger partial charge in [0.2, 0.25) is 0 Å². The molecule has 0 N–H and O–H groups in total. The molecule has 0 rings (SSSR count). The molecule has 432 valence electrons. The lowest BCUT2D eigenvalue weighted by atomic mass is 10.0. The van der Waals surface area contributed by atoms with Crippen LogP contribution in [-0.4, -0.2) is 37.2 Å². The largest absolute Gasteiger partial charge is 0.462 e. The van der Waals surface area contributed by atoms with Crippen molar-refractivity contribution in [3.8, 4) is 0 Å². The van der Waals surface area contributed by atoms with E-state index in [9.17, 15) is 14.4 Å². The first-order chi connectivity index (χ1) is 36.0. The van der Waals surface area contributed by atoms with Gasteiger partial charge in [-0.15, -0.1) is 0 Å². The summed E-state index contributed by atoms with van der Waals surface area (Å²) in [6, 6.07) is 0. The Kier molecular flexibility index (Phi) is 61.1. The van der Waals surface area contributed by atoms with Crippen molar-refractivity contribution in [2.75, 3.05) is 13.2 Å². The van der Waals surface area contributed by atoms with E-state index in [4.69, 9.17) is 14.2 Å². The molecule has 1 unspecified atom stereocenters. The minimum absolute atomic E-state index is 0.0661. The molecule has 0 saturated heterocycles. The van der Waals surface area contributed by atoms with E-state index in [-0.39, 0.29) is 31.1 Å². The van der Waals surface area contributed by atoms with Crippen molar-refractivity contribution < 1.29 is 28.6 Å². The fourth-order valence-electron chi connectivity index (χ4n) is 10.3. The molecule has 6 nitrogen and oxygen atoms in total. The van der Waals surface area contributed by atoms with Gasteiger partial charge in [-0.25, -0.2) is 0 Å².